The van der Waals surface area contributed by atoms with E-state index in [9.17, 15) is 0 Å². The maximum absolute atomic E-state index is 6.16. The van der Waals surface area contributed by atoms with E-state index in [-0.39, 0.29) is 6.17 Å². The largest absolute Gasteiger partial charge is 0.399 e. The fourth-order valence-electron chi connectivity index (χ4n) is 3.82. The van der Waals surface area contributed by atoms with E-state index in [4.69, 9.17) is 11.5 Å². The van der Waals surface area contributed by atoms with Crippen molar-refractivity contribution in [3.8, 4) is 11.3 Å². The number of aryl methyl sites for hydroxylation is 1. The Morgan fingerprint density at radius 2 is 1.75 bits per heavy atom. The summed E-state index contributed by atoms with van der Waals surface area (Å²) in [6, 6.07) is 23.0. The Hall–Kier alpha value is -3.37. The van der Waals surface area contributed by atoms with Crippen molar-refractivity contribution in [2.45, 2.75) is 19.6 Å². The van der Waals surface area contributed by atoms with Crippen LogP contribution >= 0.6 is 0 Å². The summed E-state index contributed by atoms with van der Waals surface area (Å²) in [4.78, 5) is 0. The first-order chi connectivity index (χ1) is 13.6. The molecule has 0 saturated carbocycles. The quantitative estimate of drug-likeness (QED) is 0.160. The van der Waals surface area contributed by atoms with Crippen LogP contribution in [0.1, 0.15) is 6.92 Å². The molecule has 0 aliphatic carbocycles. The minimum atomic E-state index is -0.290. The number of nitrogen functional groups attached to an aromatic ring is 1. The predicted octanol–water partition coefficient (Wildman–Crippen LogP) is 4.43. The SMILES string of the molecule is C=CC(N)Nc1ccc2c3ccc(N)cc3c(-c3ccccc3)[n+](CC)c2c1. The fourth-order valence-corrected chi connectivity index (χ4v) is 3.82. The third-order valence-electron chi connectivity index (χ3n) is 5.10. The molecule has 28 heavy (non-hydrogen) atoms. The number of aromatic nitrogens is 1. The smallest absolute Gasteiger partial charge is 0.220 e. The standard InChI is InChI=1S/C24H24N4/c1-3-23(26)27-18-11-13-20-19-12-10-17(25)14-21(19)24(16-8-6-5-7-9-16)28(4-2)22(20)15-18/h3,5-15,23H,1,4,25-26H2,2H3/p+1. The van der Waals surface area contributed by atoms with Crippen molar-refractivity contribution in [2.75, 3.05) is 11.1 Å². The highest BCUT2D eigenvalue weighted by Crippen LogP contribution is 2.33. The molecule has 1 unspecified atom stereocenters. The molecule has 4 aromatic rings. The van der Waals surface area contributed by atoms with E-state index >= 15 is 0 Å². The van der Waals surface area contributed by atoms with E-state index in [1.807, 2.05) is 12.1 Å². The summed E-state index contributed by atoms with van der Waals surface area (Å²) in [6.45, 7) is 6.75. The van der Waals surface area contributed by atoms with Crippen LogP contribution in [0.15, 0.2) is 79.4 Å². The van der Waals surface area contributed by atoms with Crippen molar-refractivity contribution in [2.24, 2.45) is 5.73 Å². The van der Waals surface area contributed by atoms with Crippen molar-refractivity contribution in [1.29, 1.82) is 0 Å². The molecule has 0 aliphatic heterocycles. The van der Waals surface area contributed by atoms with Crippen molar-refractivity contribution in [3.05, 3.63) is 79.4 Å². The molecular weight excluding hydrogens is 344 g/mol. The van der Waals surface area contributed by atoms with Gasteiger partial charge >= 0.3 is 0 Å². The maximum Gasteiger partial charge on any atom is 0.220 e. The molecule has 0 aliphatic rings. The number of nitrogens with two attached hydrogens (primary N) is 2. The van der Waals surface area contributed by atoms with Gasteiger partial charge in [0.05, 0.1) is 16.9 Å². The molecule has 1 aromatic heterocycles. The minimum absolute atomic E-state index is 0.290. The van der Waals surface area contributed by atoms with Crippen molar-refractivity contribution >= 4 is 33.1 Å². The molecule has 0 saturated heterocycles. The zero-order valence-electron chi connectivity index (χ0n) is 16.0. The predicted molar refractivity (Wildman–Crippen MR) is 119 cm³/mol. The third kappa shape index (κ3) is 3.08. The van der Waals surface area contributed by atoms with Crippen LogP contribution < -0.4 is 21.4 Å². The van der Waals surface area contributed by atoms with E-state index in [1.165, 1.54) is 22.0 Å². The van der Waals surface area contributed by atoms with Crippen molar-refractivity contribution in [1.82, 2.24) is 0 Å². The first-order valence-corrected chi connectivity index (χ1v) is 9.51. The normalized spacial score (nSPS) is 12.2. The van der Waals surface area contributed by atoms with E-state index < -0.39 is 0 Å². The number of hydrogen-bond acceptors (Lipinski definition) is 3. The van der Waals surface area contributed by atoms with Gasteiger partial charge in [0.15, 0.2) is 0 Å². The van der Waals surface area contributed by atoms with Crippen LogP contribution in [0.25, 0.3) is 32.9 Å². The lowest BCUT2D eigenvalue weighted by Crippen LogP contribution is -2.36. The number of nitrogens with zero attached hydrogens (tertiary/aromatic N) is 1. The Morgan fingerprint density at radius 3 is 2.46 bits per heavy atom. The molecule has 5 N–H and O–H groups in total. The lowest BCUT2D eigenvalue weighted by Gasteiger charge is -2.14. The van der Waals surface area contributed by atoms with E-state index in [0.29, 0.717) is 0 Å². The number of rotatable bonds is 5. The summed E-state index contributed by atoms with van der Waals surface area (Å²) < 4.78 is 2.34. The first-order valence-electron chi connectivity index (χ1n) is 9.51. The summed E-state index contributed by atoms with van der Waals surface area (Å²) in [5, 5.41) is 6.81. The molecule has 0 radical (unpaired) electrons. The van der Waals surface area contributed by atoms with E-state index in [1.54, 1.807) is 6.08 Å². The molecule has 4 heteroatoms. The molecule has 1 heterocycles. The minimum Gasteiger partial charge on any atom is -0.399 e. The Balaban J connectivity index is 2.11. The van der Waals surface area contributed by atoms with Gasteiger partial charge in [-0.3, -0.25) is 0 Å². The average Bonchev–Trinajstić information content (AvgIpc) is 2.73. The third-order valence-corrected chi connectivity index (χ3v) is 5.10. The highest BCUT2D eigenvalue weighted by Gasteiger charge is 2.22. The van der Waals surface area contributed by atoms with Gasteiger partial charge in [-0.25, -0.2) is 0 Å². The first kappa shape index (κ1) is 18.0. The van der Waals surface area contributed by atoms with Crippen LogP contribution in [0.3, 0.4) is 0 Å². The van der Waals surface area contributed by atoms with Gasteiger partial charge in [-0.1, -0.05) is 36.9 Å². The fraction of sp³-hybridized carbons (Fsp3) is 0.125. The summed E-state index contributed by atoms with van der Waals surface area (Å²) in [5.74, 6) is 0. The molecule has 140 valence electrons. The van der Waals surface area contributed by atoms with Crippen LogP contribution in [0, 0.1) is 0 Å². The number of benzene rings is 3. The molecule has 0 spiro atoms. The lowest BCUT2D eigenvalue weighted by molar-refractivity contribution is -0.655. The Kier molecular flexibility index (Phi) is 4.72. The van der Waals surface area contributed by atoms with Gasteiger partial charge < -0.3 is 16.8 Å². The van der Waals surface area contributed by atoms with Gasteiger partial charge in [0.25, 0.3) is 0 Å². The van der Waals surface area contributed by atoms with Gasteiger partial charge in [-0.15, -0.1) is 0 Å². The topological polar surface area (TPSA) is 67.9 Å². The van der Waals surface area contributed by atoms with Gasteiger partial charge in [-0.2, -0.15) is 4.57 Å². The maximum atomic E-state index is 6.16. The highest BCUT2D eigenvalue weighted by atomic mass is 15.0. The second-order valence-corrected chi connectivity index (χ2v) is 6.90. The van der Waals surface area contributed by atoms with Gasteiger partial charge in [0.2, 0.25) is 11.2 Å². The summed E-state index contributed by atoms with van der Waals surface area (Å²) in [7, 11) is 0. The van der Waals surface area contributed by atoms with Crippen LogP contribution in [0.2, 0.25) is 0 Å². The van der Waals surface area contributed by atoms with E-state index in [0.717, 1.165) is 28.8 Å². The van der Waals surface area contributed by atoms with E-state index in [2.05, 4.69) is 78.0 Å². The summed E-state index contributed by atoms with van der Waals surface area (Å²) in [6.07, 6.45) is 1.40. The van der Waals surface area contributed by atoms with Crippen LogP contribution in [0.5, 0.6) is 0 Å². The molecule has 3 aromatic carbocycles. The molecule has 0 fully saturated rings. The Labute approximate surface area is 165 Å². The number of fused-ring (bicyclic) bond motifs is 3. The molecule has 0 amide bonds. The number of hydrogen-bond donors (Lipinski definition) is 3. The molecule has 4 nitrogen and oxygen atoms in total. The zero-order valence-corrected chi connectivity index (χ0v) is 16.0. The molecular formula is C24H25N4+. The van der Waals surface area contributed by atoms with Crippen LogP contribution in [-0.2, 0) is 6.54 Å². The monoisotopic (exact) mass is 369 g/mol. The molecule has 0 bridgehead atoms. The number of pyridine rings is 1. The second-order valence-electron chi connectivity index (χ2n) is 6.90. The van der Waals surface area contributed by atoms with Crippen molar-refractivity contribution in [3.63, 3.8) is 0 Å². The lowest BCUT2D eigenvalue weighted by atomic mass is 9.98. The van der Waals surface area contributed by atoms with Crippen LogP contribution in [0.4, 0.5) is 11.4 Å². The van der Waals surface area contributed by atoms with Crippen LogP contribution in [-0.4, -0.2) is 6.17 Å². The Bertz CT molecular complexity index is 1170. The highest BCUT2D eigenvalue weighted by molar-refractivity contribution is 6.10. The number of nitrogens with one attached hydrogen (secondary N) is 1. The molecule has 4 rings (SSSR count). The Morgan fingerprint density at radius 1 is 1.00 bits per heavy atom. The average molecular weight is 369 g/mol. The van der Waals surface area contributed by atoms with Gasteiger partial charge in [0.1, 0.15) is 6.54 Å². The summed E-state index contributed by atoms with van der Waals surface area (Å²) >= 11 is 0. The molecule has 1 atom stereocenters. The van der Waals surface area contributed by atoms with Gasteiger partial charge in [-0.05, 0) is 43.3 Å². The second kappa shape index (κ2) is 7.33. The summed E-state index contributed by atoms with van der Waals surface area (Å²) in [5.41, 5.74) is 17.4. The number of anilines is 2. The van der Waals surface area contributed by atoms with Gasteiger partial charge in [0, 0.05) is 28.4 Å². The van der Waals surface area contributed by atoms with Crippen molar-refractivity contribution < 1.29 is 4.57 Å². The zero-order chi connectivity index (χ0) is 19.7.